The number of nitriles is 1. The summed E-state index contributed by atoms with van der Waals surface area (Å²) < 4.78 is 27.1. The quantitative estimate of drug-likeness (QED) is 0.355. The van der Waals surface area contributed by atoms with Crippen molar-refractivity contribution in [3.8, 4) is 6.07 Å². The lowest BCUT2D eigenvalue weighted by Crippen LogP contribution is -2.43. The number of likely N-dealkylation sites (tertiary alicyclic amines) is 1. The number of thiazole rings is 1. The van der Waals surface area contributed by atoms with E-state index in [9.17, 15) is 23.2 Å². The molecule has 0 radical (unpaired) electrons. The first-order valence-electron chi connectivity index (χ1n) is 11.7. The van der Waals surface area contributed by atoms with Crippen molar-refractivity contribution in [2.75, 3.05) is 13.1 Å². The molecule has 13 heteroatoms. The molecule has 1 saturated heterocycles. The minimum atomic E-state index is -3.12. The number of nitrogens with zero attached hydrogens (tertiary/aromatic N) is 3. The van der Waals surface area contributed by atoms with E-state index in [1.165, 1.54) is 23.1 Å². The van der Waals surface area contributed by atoms with Gasteiger partial charge < -0.3 is 15.5 Å². The lowest BCUT2D eigenvalue weighted by molar-refractivity contribution is -0.131. The third-order valence-corrected chi connectivity index (χ3v) is 8.08. The maximum Gasteiger partial charge on any atom is 0.271 e. The summed E-state index contributed by atoms with van der Waals surface area (Å²) >= 11 is 8.62. The summed E-state index contributed by atoms with van der Waals surface area (Å²) in [7, 11) is 0. The second kappa shape index (κ2) is 12.5. The number of benzene rings is 2. The van der Waals surface area contributed by atoms with Crippen molar-refractivity contribution in [1.29, 1.82) is 5.26 Å². The average Bonchev–Trinajstić information content (AvgIpc) is 3.54. The Balaban J connectivity index is 1.22. The first-order chi connectivity index (χ1) is 18.6. The molecule has 4 rings (SSSR count). The molecule has 0 saturated carbocycles. The Morgan fingerprint density at radius 3 is 2.54 bits per heavy atom. The van der Waals surface area contributed by atoms with Crippen LogP contribution >= 0.6 is 34.7 Å². The smallest absolute Gasteiger partial charge is 0.271 e. The number of nitrogens with one attached hydrogen (secondary N) is 2. The summed E-state index contributed by atoms with van der Waals surface area (Å²) in [4.78, 5) is 43.0. The highest BCUT2D eigenvalue weighted by Crippen LogP contribution is 2.31. The molecule has 0 spiro atoms. The molecule has 2 heterocycles. The summed E-state index contributed by atoms with van der Waals surface area (Å²) in [6.07, 6.45) is -0.712. The fourth-order valence-electron chi connectivity index (χ4n) is 3.76. The highest BCUT2D eigenvalue weighted by atomic mass is 35.5. The Labute approximate surface area is 236 Å². The Kier molecular flexibility index (Phi) is 9.16. The predicted octanol–water partition coefficient (Wildman–Crippen LogP) is 4.51. The first-order valence-corrected chi connectivity index (χ1v) is 13.9. The van der Waals surface area contributed by atoms with E-state index in [0.717, 1.165) is 15.4 Å². The molecular formula is C26H22ClF2N5O3S2. The molecule has 2 aromatic carbocycles. The standard InChI is InChI=1S/C26H22ClF2N5O3S2/c27-18-5-1-16(2-6-18)11-31-24(36)17-3-7-20(8-4-17)38-14-22-33-21(13-39-22)25(37)32-12-23(35)34-15-26(28,29)9-19(34)10-30/h1-8,13,19H,9,11-12,14-15H2,(H,31,36)(H,32,37)/t19-/m0/s1. The van der Waals surface area contributed by atoms with Gasteiger partial charge in [-0.2, -0.15) is 5.26 Å². The number of amides is 3. The van der Waals surface area contributed by atoms with Gasteiger partial charge in [-0.15, -0.1) is 23.1 Å². The van der Waals surface area contributed by atoms with Gasteiger partial charge in [-0.25, -0.2) is 13.8 Å². The Morgan fingerprint density at radius 1 is 1.13 bits per heavy atom. The number of rotatable bonds is 9. The number of carbonyl (C=O) groups excluding carboxylic acids is 3. The molecule has 39 heavy (non-hydrogen) atoms. The van der Waals surface area contributed by atoms with Crippen molar-refractivity contribution in [2.24, 2.45) is 0 Å². The van der Waals surface area contributed by atoms with Crippen LogP contribution in [0.3, 0.4) is 0 Å². The van der Waals surface area contributed by atoms with Gasteiger partial charge in [0.1, 0.15) is 16.7 Å². The van der Waals surface area contributed by atoms with Crippen LogP contribution in [0.25, 0.3) is 0 Å². The average molecular weight is 590 g/mol. The van der Waals surface area contributed by atoms with Gasteiger partial charge in [0.25, 0.3) is 17.7 Å². The van der Waals surface area contributed by atoms with Gasteiger partial charge in [0.05, 0.1) is 24.9 Å². The van der Waals surface area contributed by atoms with Crippen LogP contribution in [-0.4, -0.2) is 52.7 Å². The van der Waals surface area contributed by atoms with Crippen LogP contribution in [0.1, 0.15) is 37.8 Å². The van der Waals surface area contributed by atoms with Crippen LogP contribution in [0.2, 0.25) is 5.02 Å². The lowest BCUT2D eigenvalue weighted by Gasteiger charge is -2.19. The molecule has 8 nitrogen and oxygen atoms in total. The van der Waals surface area contributed by atoms with Crippen molar-refractivity contribution in [3.63, 3.8) is 0 Å². The maximum absolute atomic E-state index is 13.5. The third-order valence-electron chi connectivity index (χ3n) is 5.77. The van der Waals surface area contributed by atoms with Crippen LogP contribution in [0.5, 0.6) is 0 Å². The summed E-state index contributed by atoms with van der Waals surface area (Å²) in [5.74, 6) is -4.19. The minimum absolute atomic E-state index is 0.111. The SMILES string of the molecule is N#C[C@@H]1CC(F)(F)CN1C(=O)CNC(=O)c1csc(CSc2ccc(C(=O)NCc3ccc(Cl)cc3)cc2)n1. The van der Waals surface area contributed by atoms with E-state index in [1.807, 2.05) is 24.3 Å². The molecule has 0 unspecified atom stereocenters. The zero-order valence-electron chi connectivity index (χ0n) is 20.3. The Hall–Kier alpha value is -3.53. The molecule has 1 aliphatic rings. The molecule has 0 aliphatic carbocycles. The minimum Gasteiger partial charge on any atom is -0.348 e. The topological polar surface area (TPSA) is 115 Å². The van der Waals surface area contributed by atoms with Gasteiger partial charge in [-0.3, -0.25) is 14.4 Å². The molecule has 1 fully saturated rings. The lowest BCUT2D eigenvalue weighted by atomic mass is 10.2. The van der Waals surface area contributed by atoms with Crippen molar-refractivity contribution in [1.82, 2.24) is 20.5 Å². The number of aromatic nitrogens is 1. The van der Waals surface area contributed by atoms with Gasteiger partial charge in [0.15, 0.2) is 0 Å². The van der Waals surface area contributed by atoms with E-state index in [2.05, 4.69) is 15.6 Å². The predicted molar refractivity (Wildman–Crippen MR) is 144 cm³/mol. The number of thioether (sulfide) groups is 1. The number of halogens is 3. The Bertz CT molecular complexity index is 1390. The van der Waals surface area contributed by atoms with Crippen molar-refractivity contribution in [2.45, 2.75) is 35.6 Å². The van der Waals surface area contributed by atoms with Crippen LogP contribution in [0, 0.1) is 11.3 Å². The van der Waals surface area contributed by atoms with Crippen molar-refractivity contribution < 1.29 is 23.2 Å². The summed E-state index contributed by atoms with van der Waals surface area (Å²) in [5, 5.41) is 17.1. The van der Waals surface area contributed by atoms with Crippen molar-refractivity contribution in [3.05, 3.63) is 80.8 Å². The molecule has 3 aromatic rings. The molecule has 2 N–H and O–H groups in total. The van der Waals surface area contributed by atoms with E-state index in [0.29, 0.717) is 27.9 Å². The normalized spacial score (nSPS) is 15.9. The van der Waals surface area contributed by atoms with Crippen LogP contribution in [-0.2, 0) is 17.1 Å². The molecule has 1 atom stereocenters. The van der Waals surface area contributed by atoms with E-state index in [-0.39, 0.29) is 11.6 Å². The van der Waals surface area contributed by atoms with Crippen molar-refractivity contribution >= 4 is 52.4 Å². The number of hydrogen-bond donors (Lipinski definition) is 2. The van der Waals surface area contributed by atoms with Gasteiger partial charge >= 0.3 is 0 Å². The van der Waals surface area contributed by atoms with E-state index >= 15 is 0 Å². The zero-order chi connectivity index (χ0) is 28.0. The van der Waals surface area contributed by atoms with Gasteiger partial charge in [-0.05, 0) is 42.0 Å². The van der Waals surface area contributed by atoms with Gasteiger partial charge in [0.2, 0.25) is 5.91 Å². The number of hydrogen-bond acceptors (Lipinski definition) is 7. The summed E-state index contributed by atoms with van der Waals surface area (Å²) in [6, 6.07) is 14.8. The van der Waals surface area contributed by atoms with E-state index < -0.39 is 43.3 Å². The van der Waals surface area contributed by atoms with Gasteiger partial charge in [-0.1, -0.05) is 23.7 Å². The molecule has 1 aliphatic heterocycles. The second-order valence-corrected chi connectivity index (χ2v) is 11.1. The third kappa shape index (κ3) is 7.75. The summed E-state index contributed by atoms with van der Waals surface area (Å²) in [6.45, 7) is -0.962. The van der Waals surface area contributed by atoms with Crippen LogP contribution in [0.15, 0.2) is 58.8 Å². The highest BCUT2D eigenvalue weighted by Gasteiger charge is 2.47. The Morgan fingerprint density at radius 2 is 1.85 bits per heavy atom. The van der Waals surface area contributed by atoms with E-state index in [4.69, 9.17) is 16.9 Å². The second-order valence-electron chi connectivity index (χ2n) is 8.66. The summed E-state index contributed by atoms with van der Waals surface area (Å²) in [5.41, 5.74) is 1.57. The maximum atomic E-state index is 13.5. The number of carbonyl (C=O) groups is 3. The molecular weight excluding hydrogens is 568 g/mol. The molecule has 202 valence electrons. The van der Waals surface area contributed by atoms with E-state index in [1.54, 1.807) is 35.7 Å². The fourth-order valence-corrected chi connectivity index (χ4v) is 5.57. The molecule has 1 aromatic heterocycles. The highest BCUT2D eigenvalue weighted by molar-refractivity contribution is 7.98. The largest absolute Gasteiger partial charge is 0.348 e. The zero-order valence-corrected chi connectivity index (χ0v) is 22.7. The molecule has 0 bridgehead atoms. The monoisotopic (exact) mass is 589 g/mol. The first kappa shape index (κ1) is 28.5. The van der Waals surface area contributed by atoms with Crippen LogP contribution in [0.4, 0.5) is 8.78 Å². The van der Waals surface area contributed by atoms with Crippen LogP contribution < -0.4 is 10.6 Å². The number of alkyl halides is 2. The fraction of sp³-hybridized carbons (Fsp3) is 0.269. The molecule has 3 amide bonds. The van der Waals surface area contributed by atoms with Gasteiger partial charge in [0, 0.05) is 33.8 Å².